The van der Waals surface area contributed by atoms with Gasteiger partial charge in [-0.25, -0.2) is 0 Å². The SMILES string of the molecule is CC(C)C(N)C(=O)N1CCN(c2cc(-c3ccccc3O)nnc2N)C[C@@H]1C. The molecule has 3 rings (SSSR count). The van der Waals surface area contributed by atoms with Gasteiger partial charge in [-0.1, -0.05) is 26.0 Å². The van der Waals surface area contributed by atoms with Gasteiger partial charge in [-0.05, 0) is 31.0 Å². The van der Waals surface area contributed by atoms with E-state index in [-0.39, 0.29) is 23.6 Å². The fourth-order valence-electron chi connectivity index (χ4n) is 3.45. The first-order chi connectivity index (χ1) is 13.3. The number of amides is 1. The normalized spacial score (nSPS) is 18.4. The Morgan fingerprint density at radius 3 is 2.61 bits per heavy atom. The Kier molecular flexibility index (Phi) is 5.69. The van der Waals surface area contributed by atoms with E-state index in [1.165, 1.54) is 0 Å². The fraction of sp³-hybridized carbons (Fsp3) is 0.450. The third-order valence-corrected chi connectivity index (χ3v) is 5.24. The highest BCUT2D eigenvalue weighted by Gasteiger charge is 2.32. The Morgan fingerprint density at radius 2 is 1.96 bits per heavy atom. The molecule has 28 heavy (non-hydrogen) atoms. The van der Waals surface area contributed by atoms with Gasteiger partial charge in [-0.3, -0.25) is 4.79 Å². The first-order valence-electron chi connectivity index (χ1n) is 9.52. The minimum Gasteiger partial charge on any atom is -0.507 e. The molecule has 1 unspecified atom stereocenters. The average molecular weight is 384 g/mol. The summed E-state index contributed by atoms with van der Waals surface area (Å²) in [6.45, 7) is 7.71. The highest BCUT2D eigenvalue weighted by Crippen LogP contribution is 2.32. The fourth-order valence-corrected chi connectivity index (χ4v) is 3.45. The van der Waals surface area contributed by atoms with Gasteiger partial charge in [0.05, 0.1) is 17.4 Å². The van der Waals surface area contributed by atoms with E-state index in [4.69, 9.17) is 11.5 Å². The second-order valence-electron chi connectivity index (χ2n) is 7.61. The number of hydrogen-bond acceptors (Lipinski definition) is 7. The van der Waals surface area contributed by atoms with E-state index >= 15 is 0 Å². The van der Waals surface area contributed by atoms with Crippen molar-refractivity contribution in [1.82, 2.24) is 15.1 Å². The number of aromatic hydroxyl groups is 1. The Balaban J connectivity index is 1.81. The molecule has 8 heteroatoms. The van der Waals surface area contributed by atoms with Crippen molar-refractivity contribution in [3.63, 3.8) is 0 Å². The second-order valence-corrected chi connectivity index (χ2v) is 7.61. The van der Waals surface area contributed by atoms with Gasteiger partial charge in [-0.15, -0.1) is 10.2 Å². The van der Waals surface area contributed by atoms with Gasteiger partial charge in [0.15, 0.2) is 5.82 Å². The molecular weight excluding hydrogens is 356 g/mol. The molecule has 1 aliphatic rings. The van der Waals surface area contributed by atoms with Crippen molar-refractivity contribution >= 4 is 17.4 Å². The zero-order chi connectivity index (χ0) is 20.4. The molecule has 1 aromatic heterocycles. The molecule has 0 bridgehead atoms. The summed E-state index contributed by atoms with van der Waals surface area (Å²) >= 11 is 0. The second kappa shape index (κ2) is 8.02. The van der Waals surface area contributed by atoms with Crippen molar-refractivity contribution in [2.24, 2.45) is 11.7 Å². The molecule has 1 aliphatic heterocycles. The van der Waals surface area contributed by atoms with Crippen LogP contribution in [0.2, 0.25) is 0 Å². The van der Waals surface area contributed by atoms with Crippen molar-refractivity contribution in [2.45, 2.75) is 32.9 Å². The van der Waals surface area contributed by atoms with E-state index in [0.29, 0.717) is 36.7 Å². The molecule has 1 saturated heterocycles. The summed E-state index contributed by atoms with van der Waals surface area (Å²) in [5, 5.41) is 18.3. The number of hydrogen-bond donors (Lipinski definition) is 3. The molecule has 2 atom stereocenters. The molecule has 0 saturated carbocycles. The number of aromatic nitrogens is 2. The molecule has 0 radical (unpaired) electrons. The first-order valence-corrected chi connectivity index (χ1v) is 9.52. The zero-order valence-electron chi connectivity index (χ0n) is 16.5. The lowest BCUT2D eigenvalue weighted by Gasteiger charge is -2.42. The van der Waals surface area contributed by atoms with Gasteiger partial charge in [0.2, 0.25) is 5.91 Å². The number of carbonyl (C=O) groups is 1. The molecular formula is C20H28N6O2. The largest absolute Gasteiger partial charge is 0.507 e. The van der Waals surface area contributed by atoms with Crippen LogP contribution in [0.25, 0.3) is 11.3 Å². The van der Waals surface area contributed by atoms with Crippen LogP contribution < -0.4 is 16.4 Å². The Labute approximate surface area is 165 Å². The summed E-state index contributed by atoms with van der Waals surface area (Å²) in [4.78, 5) is 16.6. The van der Waals surface area contributed by atoms with Gasteiger partial charge in [-0.2, -0.15) is 0 Å². The van der Waals surface area contributed by atoms with E-state index in [2.05, 4.69) is 15.1 Å². The van der Waals surface area contributed by atoms with Crippen molar-refractivity contribution in [2.75, 3.05) is 30.3 Å². The lowest BCUT2D eigenvalue weighted by molar-refractivity contribution is -0.136. The van der Waals surface area contributed by atoms with Crippen LogP contribution in [0, 0.1) is 5.92 Å². The van der Waals surface area contributed by atoms with Gasteiger partial charge in [0.25, 0.3) is 0 Å². The van der Waals surface area contributed by atoms with Crippen LogP contribution in [0.1, 0.15) is 20.8 Å². The third-order valence-electron chi connectivity index (χ3n) is 5.24. The number of rotatable bonds is 4. The van der Waals surface area contributed by atoms with Crippen LogP contribution >= 0.6 is 0 Å². The standard InChI is InChI=1S/C20H28N6O2/c1-12(2)18(21)20(28)26-9-8-25(11-13(26)3)16-10-15(23-24-19(16)22)14-6-4-5-7-17(14)27/h4-7,10,12-13,18,27H,8-9,11,21H2,1-3H3,(H2,22,24)/t13-,18?/m0/s1. The van der Waals surface area contributed by atoms with Gasteiger partial charge in [0, 0.05) is 31.2 Å². The molecule has 1 fully saturated rings. The molecule has 1 amide bonds. The maximum absolute atomic E-state index is 12.6. The highest BCUT2D eigenvalue weighted by molar-refractivity contribution is 5.82. The van der Waals surface area contributed by atoms with Crippen LogP contribution in [0.3, 0.4) is 0 Å². The summed E-state index contributed by atoms with van der Waals surface area (Å²) in [5.74, 6) is 0.542. The van der Waals surface area contributed by atoms with E-state index in [0.717, 1.165) is 5.69 Å². The van der Waals surface area contributed by atoms with Crippen LogP contribution in [-0.4, -0.2) is 57.8 Å². The maximum Gasteiger partial charge on any atom is 0.240 e. The Hall–Kier alpha value is -2.87. The number of phenolic OH excluding ortho intramolecular Hbond substituents is 1. The minimum absolute atomic E-state index is 0.00723. The van der Waals surface area contributed by atoms with Gasteiger partial charge >= 0.3 is 0 Å². The van der Waals surface area contributed by atoms with E-state index in [1.807, 2.05) is 37.8 Å². The molecule has 2 heterocycles. The van der Waals surface area contributed by atoms with E-state index in [1.54, 1.807) is 18.2 Å². The number of nitrogens with two attached hydrogens (primary N) is 2. The van der Waals surface area contributed by atoms with Crippen molar-refractivity contribution in [3.8, 4) is 17.0 Å². The van der Waals surface area contributed by atoms with Crippen LogP contribution in [0.4, 0.5) is 11.5 Å². The number of piperazine rings is 1. The lowest BCUT2D eigenvalue weighted by Crippen LogP contribution is -2.58. The van der Waals surface area contributed by atoms with Gasteiger partial charge in [0.1, 0.15) is 5.75 Å². The highest BCUT2D eigenvalue weighted by atomic mass is 16.3. The van der Waals surface area contributed by atoms with Crippen molar-refractivity contribution in [1.29, 1.82) is 0 Å². The van der Waals surface area contributed by atoms with Crippen molar-refractivity contribution in [3.05, 3.63) is 30.3 Å². The summed E-state index contributed by atoms with van der Waals surface area (Å²) in [7, 11) is 0. The summed E-state index contributed by atoms with van der Waals surface area (Å²) < 4.78 is 0. The monoisotopic (exact) mass is 384 g/mol. The summed E-state index contributed by atoms with van der Waals surface area (Å²) in [6.07, 6.45) is 0. The number of para-hydroxylation sites is 1. The quantitative estimate of drug-likeness (QED) is 0.729. The number of phenols is 1. The number of carbonyl (C=O) groups excluding carboxylic acids is 1. The maximum atomic E-state index is 12.6. The molecule has 8 nitrogen and oxygen atoms in total. The molecule has 150 valence electrons. The summed E-state index contributed by atoms with van der Waals surface area (Å²) in [6, 6.07) is 8.31. The smallest absolute Gasteiger partial charge is 0.240 e. The number of nitrogen functional groups attached to an aromatic ring is 1. The minimum atomic E-state index is -0.491. The van der Waals surface area contributed by atoms with Crippen LogP contribution in [0.5, 0.6) is 5.75 Å². The topological polar surface area (TPSA) is 122 Å². The Bertz CT molecular complexity index is 856. The Morgan fingerprint density at radius 1 is 1.25 bits per heavy atom. The number of anilines is 2. The van der Waals surface area contributed by atoms with E-state index < -0.39 is 6.04 Å². The molecule has 0 aliphatic carbocycles. The predicted octanol–water partition coefficient (Wildman–Crippen LogP) is 1.45. The number of nitrogens with zero attached hydrogens (tertiary/aromatic N) is 4. The zero-order valence-corrected chi connectivity index (χ0v) is 16.5. The predicted molar refractivity (Wildman–Crippen MR) is 110 cm³/mol. The van der Waals surface area contributed by atoms with E-state index in [9.17, 15) is 9.90 Å². The molecule has 0 spiro atoms. The molecule has 1 aromatic carbocycles. The third kappa shape index (κ3) is 3.87. The summed E-state index contributed by atoms with van der Waals surface area (Å²) in [5.41, 5.74) is 14.0. The number of benzene rings is 1. The first kappa shape index (κ1) is 19.9. The average Bonchev–Trinajstić information content (AvgIpc) is 2.67. The van der Waals surface area contributed by atoms with Crippen LogP contribution in [-0.2, 0) is 4.79 Å². The van der Waals surface area contributed by atoms with Crippen molar-refractivity contribution < 1.29 is 9.90 Å². The van der Waals surface area contributed by atoms with Gasteiger partial charge < -0.3 is 26.4 Å². The molecule has 2 aromatic rings. The lowest BCUT2D eigenvalue weighted by atomic mass is 10.0. The molecule has 5 N–H and O–H groups in total. The van der Waals surface area contributed by atoms with Crippen LogP contribution in [0.15, 0.2) is 30.3 Å².